The second-order valence-electron chi connectivity index (χ2n) is 4.34. The summed E-state index contributed by atoms with van der Waals surface area (Å²) in [5, 5.41) is 4.37. The Morgan fingerprint density at radius 1 is 1.39 bits per heavy atom. The minimum absolute atomic E-state index is 0.619. The van der Waals surface area contributed by atoms with Crippen LogP contribution in [0, 0.1) is 0 Å². The smallest absolute Gasteiger partial charge is 0.128 e. The number of hydrogen-bond acceptors (Lipinski definition) is 4. The number of methoxy groups -OCH3 is 1. The van der Waals surface area contributed by atoms with Crippen molar-refractivity contribution in [2.75, 3.05) is 19.5 Å². The summed E-state index contributed by atoms with van der Waals surface area (Å²) >= 11 is 0. The molecule has 2 aromatic rings. The van der Waals surface area contributed by atoms with Crippen molar-refractivity contribution in [1.29, 1.82) is 0 Å². The molecule has 0 saturated carbocycles. The Morgan fingerprint density at radius 3 is 2.89 bits per heavy atom. The lowest BCUT2D eigenvalue weighted by molar-refractivity contribution is 0.356. The number of nitrogens with zero attached hydrogens (tertiary/aromatic N) is 2. The summed E-state index contributed by atoms with van der Waals surface area (Å²) in [7, 11) is 3.47. The highest BCUT2D eigenvalue weighted by Gasteiger charge is 2.19. The summed E-state index contributed by atoms with van der Waals surface area (Å²) in [6, 6.07) is 5.82. The number of nitrogens with two attached hydrogens (primary N) is 1. The van der Waals surface area contributed by atoms with Crippen LogP contribution in [0.25, 0.3) is 11.3 Å². The number of hydrogen-bond donors (Lipinski definition) is 1. The number of ether oxygens (including phenoxy) is 2. The summed E-state index contributed by atoms with van der Waals surface area (Å²) in [5.74, 6) is 2.33. The molecular formula is C13H15N3O2. The number of aromatic nitrogens is 2. The summed E-state index contributed by atoms with van der Waals surface area (Å²) in [4.78, 5) is 0. The van der Waals surface area contributed by atoms with Crippen molar-refractivity contribution < 1.29 is 9.47 Å². The van der Waals surface area contributed by atoms with Gasteiger partial charge in [0.15, 0.2) is 0 Å². The fraction of sp³-hybridized carbons (Fsp3) is 0.308. The molecule has 5 heteroatoms. The van der Waals surface area contributed by atoms with Crippen molar-refractivity contribution in [1.82, 2.24) is 9.78 Å². The fourth-order valence-corrected chi connectivity index (χ4v) is 2.19. The van der Waals surface area contributed by atoms with Gasteiger partial charge in [-0.25, -0.2) is 0 Å². The molecule has 0 fully saturated rings. The summed E-state index contributed by atoms with van der Waals surface area (Å²) < 4.78 is 12.6. The first-order chi connectivity index (χ1) is 8.69. The Hall–Kier alpha value is -2.17. The minimum Gasteiger partial charge on any atom is -0.496 e. The van der Waals surface area contributed by atoms with E-state index in [1.165, 1.54) is 5.56 Å². The molecule has 1 aromatic carbocycles. The predicted octanol–water partition coefficient (Wildman–Crippen LogP) is 1.61. The van der Waals surface area contributed by atoms with E-state index in [-0.39, 0.29) is 0 Å². The number of fused-ring (bicyclic) bond motifs is 1. The van der Waals surface area contributed by atoms with Gasteiger partial charge in [-0.2, -0.15) is 5.10 Å². The van der Waals surface area contributed by atoms with Gasteiger partial charge < -0.3 is 15.2 Å². The van der Waals surface area contributed by atoms with E-state index >= 15 is 0 Å². The van der Waals surface area contributed by atoms with Crippen molar-refractivity contribution in [3.63, 3.8) is 0 Å². The van der Waals surface area contributed by atoms with Gasteiger partial charge in [0, 0.05) is 30.7 Å². The van der Waals surface area contributed by atoms with Gasteiger partial charge in [0.2, 0.25) is 0 Å². The molecule has 0 saturated heterocycles. The van der Waals surface area contributed by atoms with Gasteiger partial charge in [-0.1, -0.05) is 0 Å². The van der Waals surface area contributed by atoms with Crippen molar-refractivity contribution in [2.45, 2.75) is 6.42 Å². The second kappa shape index (κ2) is 3.94. The van der Waals surface area contributed by atoms with E-state index in [1.807, 2.05) is 25.2 Å². The molecule has 1 aromatic heterocycles. The highest BCUT2D eigenvalue weighted by Crippen LogP contribution is 2.38. The van der Waals surface area contributed by atoms with Crippen LogP contribution in [0.1, 0.15) is 5.56 Å². The predicted molar refractivity (Wildman–Crippen MR) is 68.8 cm³/mol. The highest BCUT2D eigenvalue weighted by molar-refractivity contribution is 5.72. The molecule has 0 aliphatic carbocycles. The molecule has 94 valence electrons. The molecule has 3 rings (SSSR count). The third-order valence-corrected chi connectivity index (χ3v) is 3.20. The Labute approximate surface area is 105 Å². The van der Waals surface area contributed by atoms with E-state index in [0.717, 1.165) is 35.8 Å². The van der Waals surface area contributed by atoms with E-state index in [9.17, 15) is 0 Å². The molecule has 0 atom stereocenters. The van der Waals surface area contributed by atoms with Crippen LogP contribution >= 0.6 is 0 Å². The Bertz CT molecular complexity index is 585. The van der Waals surface area contributed by atoms with Crippen LogP contribution in [0.5, 0.6) is 11.5 Å². The van der Waals surface area contributed by atoms with Gasteiger partial charge in [-0.05, 0) is 12.1 Å². The molecule has 2 heterocycles. The first-order valence-corrected chi connectivity index (χ1v) is 5.82. The average molecular weight is 245 g/mol. The van der Waals surface area contributed by atoms with Crippen LogP contribution in [0.3, 0.4) is 0 Å². The van der Waals surface area contributed by atoms with Crippen molar-refractivity contribution in [2.24, 2.45) is 7.05 Å². The number of nitrogen functional groups attached to an aromatic ring is 1. The minimum atomic E-state index is 0.619. The van der Waals surface area contributed by atoms with Crippen LogP contribution in [0.15, 0.2) is 18.2 Å². The molecule has 0 radical (unpaired) electrons. The Kier molecular flexibility index (Phi) is 2.40. The molecule has 1 aliphatic heterocycles. The van der Waals surface area contributed by atoms with Crippen molar-refractivity contribution in [3.05, 3.63) is 23.8 Å². The lowest BCUT2D eigenvalue weighted by Crippen LogP contribution is -1.97. The maximum Gasteiger partial charge on any atom is 0.128 e. The number of anilines is 1. The van der Waals surface area contributed by atoms with Gasteiger partial charge in [0.25, 0.3) is 0 Å². The van der Waals surface area contributed by atoms with Crippen LogP contribution in [-0.4, -0.2) is 23.5 Å². The molecule has 18 heavy (non-hydrogen) atoms. The summed E-state index contributed by atoms with van der Waals surface area (Å²) in [6.07, 6.45) is 0.927. The zero-order valence-corrected chi connectivity index (χ0v) is 10.4. The van der Waals surface area contributed by atoms with E-state index in [1.54, 1.807) is 11.8 Å². The number of benzene rings is 1. The van der Waals surface area contributed by atoms with E-state index in [4.69, 9.17) is 15.2 Å². The molecular weight excluding hydrogens is 230 g/mol. The van der Waals surface area contributed by atoms with Crippen LogP contribution in [0.2, 0.25) is 0 Å². The third kappa shape index (κ3) is 1.59. The molecule has 2 N–H and O–H groups in total. The third-order valence-electron chi connectivity index (χ3n) is 3.20. The maximum atomic E-state index is 5.81. The normalized spacial score (nSPS) is 13.2. The molecule has 5 nitrogen and oxygen atoms in total. The summed E-state index contributed by atoms with van der Waals surface area (Å²) in [6.45, 7) is 0.728. The Balaban J connectivity index is 2.16. The molecule has 1 aliphatic rings. The van der Waals surface area contributed by atoms with Crippen LogP contribution in [-0.2, 0) is 13.5 Å². The zero-order valence-electron chi connectivity index (χ0n) is 10.4. The molecule has 0 spiro atoms. The van der Waals surface area contributed by atoms with Gasteiger partial charge in [-0.3, -0.25) is 4.68 Å². The van der Waals surface area contributed by atoms with E-state index in [2.05, 4.69) is 5.10 Å². The summed E-state index contributed by atoms with van der Waals surface area (Å²) in [5.41, 5.74) is 8.70. The second-order valence-corrected chi connectivity index (χ2v) is 4.34. The standard InChI is InChI=1S/C13H15N3O2/c1-16-13(14)7-10(15-16)9-6-11-8(3-4-18-11)5-12(9)17-2/h5-7H,3-4,14H2,1-2H3. The maximum absolute atomic E-state index is 5.81. The van der Waals surface area contributed by atoms with Gasteiger partial charge in [-0.15, -0.1) is 0 Å². The molecule has 0 unspecified atom stereocenters. The Morgan fingerprint density at radius 2 is 2.22 bits per heavy atom. The highest BCUT2D eigenvalue weighted by atomic mass is 16.5. The number of rotatable bonds is 2. The van der Waals surface area contributed by atoms with Gasteiger partial charge >= 0.3 is 0 Å². The zero-order chi connectivity index (χ0) is 12.7. The topological polar surface area (TPSA) is 62.3 Å². The van der Waals surface area contributed by atoms with Gasteiger partial charge in [0.05, 0.1) is 19.4 Å². The van der Waals surface area contributed by atoms with Gasteiger partial charge in [0.1, 0.15) is 17.3 Å². The molecule has 0 amide bonds. The first-order valence-electron chi connectivity index (χ1n) is 5.82. The molecule has 0 bridgehead atoms. The number of aryl methyl sites for hydroxylation is 1. The van der Waals surface area contributed by atoms with Crippen molar-refractivity contribution >= 4 is 5.82 Å². The average Bonchev–Trinajstić information content (AvgIpc) is 2.94. The lowest BCUT2D eigenvalue weighted by Gasteiger charge is -2.08. The monoisotopic (exact) mass is 245 g/mol. The van der Waals surface area contributed by atoms with E-state index in [0.29, 0.717) is 5.82 Å². The van der Waals surface area contributed by atoms with Crippen LogP contribution < -0.4 is 15.2 Å². The lowest BCUT2D eigenvalue weighted by atomic mass is 10.1. The first kappa shape index (κ1) is 11.0. The van der Waals surface area contributed by atoms with E-state index < -0.39 is 0 Å². The SMILES string of the molecule is COc1cc2c(cc1-c1cc(N)n(C)n1)OCC2. The largest absolute Gasteiger partial charge is 0.496 e. The van der Waals surface area contributed by atoms with Crippen molar-refractivity contribution in [3.8, 4) is 22.8 Å². The van der Waals surface area contributed by atoms with Crippen LogP contribution in [0.4, 0.5) is 5.82 Å². The quantitative estimate of drug-likeness (QED) is 0.873. The fourth-order valence-electron chi connectivity index (χ4n) is 2.19.